The highest BCUT2D eigenvalue weighted by molar-refractivity contribution is 5.86. The lowest BCUT2D eigenvalue weighted by Crippen LogP contribution is -2.50. The summed E-state index contributed by atoms with van der Waals surface area (Å²) in [6, 6.07) is 6.87. The number of nitrogens with zero attached hydrogens (tertiary/aromatic N) is 2. The van der Waals surface area contributed by atoms with Gasteiger partial charge in [-0.05, 0) is 105 Å². The molecule has 33 heavy (non-hydrogen) atoms. The van der Waals surface area contributed by atoms with Crippen LogP contribution in [0.15, 0.2) is 48.3 Å². The Labute approximate surface area is 198 Å². The van der Waals surface area contributed by atoms with Crippen molar-refractivity contribution >= 4 is 16.3 Å². The first-order chi connectivity index (χ1) is 15.9. The van der Waals surface area contributed by atoms with Crippen LogP contribution in [0.2, 0.25) is 0 Å². The number of benzene rings is 1. The molecule has 3 heteroatoms. The van der Waals surface area contributed by atoms with Crippen molar-refractivity contribution in [3.63, 3.8) is 0 Å². The Balaban J connectivity index is 1.28. The first-order valence-corrected chi connectivity index (χ1v) is 13.1. The molecule has 0 unspecified atom stereocenters. The van der Waals surface area contributed by atoms with Gasteiger partial charge in [-0.15, -0.1) is 0 Å². The van der Waals surface area contributed by atoms with Gasteiger partial charge in [-0.25, -0.2) is 0 Å². The van der Waals surface area contributed by atoms with Gasteiger partial charge in [0, 0.05) is 10.8 Å². The van der Waals surface area contributed by atoms with Gasteiger partial charge in [0.05, 0.1) is 24.6 Å². The Bertz CT molecular complexity index is 1130. The maximum Gasteiger partial charge on any atom is 0.0616 e. The zero-order chi connectivity index (χ0) is 22.8. The zero-order valence-corrected chi connectivity index (χ0v) is 20.7. The van der Waals surface area contributed by atoms with Crippen LogP contribution in [-0.2, 0) is 4.74 Å². The van der Waals surface area contributed by atoms with Crippen LogP contribution < -0.4 is 0 Å². The number of aromatic nitrogens is 2. The molecule has 0 N–H and O–H groups in total. The summed E-state index contributed by atoms with van der Waals surface area (Å²) in [4.78, 5) is 0. The molecule has 0 bridgehead atoms. The highest BCUT2D eigenvalue weighted by Gasteiger charge is 2.56. The quantitative estimate of drug-likeness (QED) is 0.465. The van der Waals surface area contributed by atoms with Crippen molar-refractivity contribution in [3.8, 4) is 0 Å². The first-order valence-electron chi connectivity index (χ1n) is 13.1. The number of rotatable bonds is 3. The van der Waals surface area contributed by atoms with E-state index in [2.05, 4.69) is 68.2 Å². The molecule has 0 amide bonds. The van der Waals surface area contributed by atoms with Crippen LogP contribution in [0.3, 0.4) is 0 Å². The molecule has 1 aromatic carbocycles. The minimum atomic E-state index is 0.287. The van der Waals surface area contributed by atoms with Gasteiger partial charge in [0.15, 0.2) is 0 Å². The van der Waals surface area contributed by atoms with E-state index in [1.54, 1.807) is 11.1 Å². The van der Waals surface area contributed by atoms with E-state index >= 15 is 0 Å². The second-order valence-electron chi connectivity index (χ2n) is 12.0. The van der Waals surface area contributed by atoms with E-state index in [9.17, 15) is 0 Å². The molecule has 2 saturated carbocycles. The number of allylic oxidation sites excluding steroid dienone is 3. The minimum Gasteiger partial charge on any atom is -0.375 e. The van der Waals surface area contributed by atoms with E-state index in [1.165, 1.54) is 54.9 Å². The van der Waals surface area contributed by atoms with E-state index < -0.39 is 0 Å². The monoisotopic (exact) mass is 442 g/mol. The summed E-state index contributed by atoms with van der Waals surface area (Å²) >= 11 is 0. The molecule has 3 nitrogen and oxygen atoms in total. The number of fused-ring (bicyclic) bond motifs is 6. The molecule has 0 aliphatic heterocycles. The average Bonchev–Trinajstić information content (AvgIpc) is 3.16. The van der Waals surface area contributed by atoms with Crippen molar-refractivity contribution in [1.82, 2.24) is 10.2 Å². The molecule has 1 heterocycles. The highest BCUT2D eigenvalue weighted by atomic mass is 16.5. The van der Waals surface area contributed by atoms with E-state index in [0.29, 0.717) is 17.6 Å². The summed E-state index contributed by atoms with van der Waals surface area (Å²) in [5, 5.41) is 10.5. The standard InChI is InChI=1S/C30H38N2O/c1-19(2)33-24-11-13-29(3)23(16-24)7-8-25-27-10-9-26(30(27,4)14-12-28(25)29)20-5-6-21-17-31-32-18-22(21)15-20/h5-7,9,15,17-19,24-25,27-28H,8,10-14,16H2,1-4H3/t24-,25-,27-,28-,29-,30+/m0/s1. The lowest BCUT2D eigenvalue weighted by atomic mass is 9.47. The lowest BCUT2D eigenvalue weighted by Gasteiger charge is -2.58. The van der Waals surface area contributed by atoms with Crippen LogP contribution in [0, 0.1) is 28.6 Å². The van der Waals surface area contributed by atoms with Crippen LogP contribution in [0.1, 0.15) is 78.2 Å². The molecule has 2 fully saturated rings. The topological polar surface area (TPSA) is 35.0 Å². The van der Waals surface area contributed by atoms with E-state index in [1.807, 2.05) is 12.4 Å². The van der Waals surface area contributed by atoms with Crippen molar-refractivity contribution in [1.29, 1.82) is 0 Å². The zero-order valence-electron chi connectivity index (χ0n) is 20.7. The van der Waals surface area contributed by atoms with Crippen molar-refractivity contribution < 1.29 is 4.74 Å². The lowest BCUT2D eigenvalue weighted by molar-refractivity contribution is -0.0525. The van der Waals surface area contributed by atoms with Gasteiger partial charge in [0.1, 0.15) is 0 Å². The van der Waals surface area contributed by atoms with E-state index in [4.69, 9.17) is 4.74 Å². The van der Waals surface area contributed by atoms with Gasteiger partial charge < -0.3 is 4.74 Å². The average molecular weight is 443 g/mol. The molecular weight excluding hydrogens is 404 g/mol. The first kappa shape index (κ1) is 21.5. The molecule has 6 atom stereocenters. The molecule has 0 spiro atoms. The van der Waals surface area contributed by atoms with Gasteiger partial charge >= 0.3 is 0 Å². The summed E-state index contributed by atoms with van der Waals surface area (Å²) in [5.41, 5.74) is 5.36. The van der Waals surface area contributed by atoms with Gasteiger partial charge in [0.2, 0.25) is 0 Å². The van der Waals surface area contributed by atoms with Crippen molar-refractivity contribution in [2.75, 3.05) is 0 Å². The SMILES string of the molecule is CC(C)O[C@H]1CC[C@@]2(C)C(=CC[C@@H]3[C@@H]2CC[C@]2(C)C(c4ccc5cnncc5c4)=CC[C@@H]32)C1. The normalized spacial score (nSPS) is 37.8. The fourth-order valence-corrected chi connectivity index (χ4v) is 8.31. The predicted molar refractivity (Wildman–Crippen MR) is 135 cm³/mol. The summed E-state index contributed by atoms with van der Waals surface area (Å²) in [5.74, 6) is 2.40. The fourth-order valence-electron chi connectivity index (χ4n) is 8.31. The Kier molecular flexibility index (Phi) is 5.07. The molecule has 6 rings (SSSR count). The number of ether oxygens (including phenoxy) is 1. The van der Waals surface area contributed by atoms with Crippen LogP contribution in [-0.4, -0.2) is 22.4 Å². The third-order valence-electron chi connectivity index (χ3n) is 9.96. The second-order valence-corrected chi connectivity index (χ2v) is 12.0. The molecule has 0 saturated heterocycles. The van der Waals surface area contributed by atoms with Crippen LogP contribution in [0.5, 0.6) is 0 Å². The summed E-state index contributed by atoms with van der Waals surface area (Å²) < 4.78 is 6.24. The molecule has 1 aromatic heterocycles. The van der Waals surface area contributed by atoms with Gasteiger partial charge in [-0.1, -0.05) is 43.7 Å². The van der Waals surface area contributed by atoms with Gasteiger partial charge in [-0.3, -0.25) is 0 Å². The highest BCUT2D eigenvalue weighted by Crippen LogP contribution is 2.66. The summed E-state index contributed by atoms with van der Waals surface area (Å²) in [7, 11) is 0. The minimum absolute atomic E-state index is 0.287. The number of hydrogen-bond acceptors (Lipinski definition) is 3. The Hall–Kier alpha value is -2.00. The van der Waals surface area contributed by atoms with Gasteiger partial charge in [-0.2, -0.15) is 10.2 Å². The molecule has 2 aromatic rings. The smallest absolute Gasteiger partial charge is 0.0616 e. The van der Waals surface area contributed by atoms with Crippen LogP contribution in [0.4, 0.5) is 0 Å². The van der Waals surface area contributed by atoms with Gasteiger partial charge in [0.25, 0.3) is 0 Å². The third kappa shape index (κ3) is 3.33. The molecule has 0 radical (unpaired) electrons. The van der Waals surface area contributed by atoms with Crippen LogP contribution in [0.25, 0.3) is 16.3 Å². The van der Waals surface area contributed by atoms with Crippen molar-refractivity contribution in [2.45, 2.75) is 84.8 Å². The maximum absolute atomic E-state index is 6.24. The van der Waals surface area contributed by atoms with Crippen molar-refractivity contribution in [2.24, 2.45) is 28.6 Å². The van der Waals surface area contributed by atoms with Crippen LogP contribution >= 0.6 is 0 Å². The van der Waals surface area contributed by atoms with Crippen molar-refractivity contribution in [3.05, 3.63) is 53.9 Å². The Morgan fingerprint density at radius 2 is 1.70 bits per heavy atom. The van der Waals surface area contributed by atoms with E-state index in [0.717, 1.165) is 24.2 Å². The molecule has 4 aliphatic carbocycles. The number of hydrogen-bond donors (Lipinski definition) is 0. The molecular formula is C30H38N2O. The van der Waals surface area contributed by atoms with E-state index in [-0.39, 0.29) is 5.41 Å². The predicted octanol–water partition coefficient (Wildman–Crippen LogP) is 7.38. The second kappa shape index (κ2) is 7.77. The molecule has 174 valence electrons. The maximum atomic E-state index is 6.24. The molecule has 4 aliphatic rings. The Morgan fingerprint density at radius 3 is 2.52 bits per heavy atom. The summed E-state index contributed by atoms with van der Waals surface area (Å²) in [6.07, 6.45) is 18.6. The third-order valence-corrected chi connectivity index (χ3v) is 9.96. The largest absolute Gasteiger partial charge is 0.375 e. The Morgan fingerprint density at radius 1 is 0.909 bits per heavy atom. The summed E-state index contributed by atoms with van der Waals surface area (Å²) in [6.45, 7) is 9.51. The fraction of sp³-hybridized carbons (Fsp3) is 0.600.